The Morgan fingerprint density at radius 3 is 2.74 bits per heavy atom. The van der Waals surface area contributed by atoms with Gasteiger partial charge in [0.25, 0.3) is 0 Å². The lowest BCUT2D eigenvalue weighted by atomic mass is 10.2. The smallest absolute Gasteiger partial charge is 0.150 e. The largest absolute Gasteiger partial charge is 0.298 e. The van der Waals surface area contributed by atoms with Crippen molar-refractivity contribution >= 4 is 17.5 Å². The Kier molecular flexibility index (Phi) is 4.74. The van der Waals surface area contributed by atoms with Crippen molar-refractivity contribution in [3.8, 4) is 0 Å². The number of carbonyl (C=O) groups excluding carboxylic acids is 1. The van der Waals surface area contributed by atoms with E-state index in [0.29, 0.717) is 12.2 Å². The summed E-state index contributed by atoms with van der Waals surface area (Å²) in [7, 11) is 0. The summed E-state index contributed by atoms with van der Waals surface area (Å²) in [6.07, 6.45) is 1.85. The summed E-state index contributed by atoms with van der Waals surface area (Å²) in [5.74, 6) is 1.39. The molecule has 2 rings (SSSR count). The fourth-order valence-electron chi connectivity index (χ4n) is 1.71. The fraction of sp³-hybridized carbons (Fsp3) is 0.357. The van der Waals surface area contributed by atoms with Gasteiger partial charge in [0, 0.05) is 11.4 Å². The monoisotopic (exact) mass is 275 g/mol. The minimum Gasteiger partial charge on any atom is -0.298 e. The molecule has 100 valence electrons. The molecule has 0 radical (unpaired) electrons. The summed E-state index contributed by atoms with van der Waals surface area (Å²) in [4.78, 5) is 17.2. The van der Waals surface area contributed by atoms with E-state index in [-0.39, 0.29) is 5.78 Å². The van der Waals surface area contributed by atoms with Gasteiger partial charge in [-0.2, -0.15) is 5.10 Å². The molecule has 4 nitrogen and oxygen atoms in total. The molecule has 0 aliphatic carbocycles. The van der Waals surface area contributed by atoms with E-state index >= 15 is 0 Å². The zero-order valence-electron chi connectivity index (χ0n) is 11.2. The summed E-state index contributed by atoms with van der Waals surface area (Å²) < 4.78 is 1.76. The first kappa shape index (κ1) is 13.8. The third-order valence-corrected chi connectivity index (χ3v) is 3.84. The summed E-state index contributed by atoms with van der Waals surface area (Å²) in [6.45, 7) is 4.79. The van der Waals surface area contributed by atoms with Gasteiger partial charge < -0.3 is 0 Å². The van der Waals surface area contributed by atoms with Crippen molar-refractivity contribution in [2.45, 2.75) is 31.7 Å². The van der Waals surface area contributed by atoms with Crippen LogP contribution < -0.4 is 0 Å². The van der Waals surface area contributed by atoms with Gasteiger partial charge in [0.1, 0.15) is 12.2 Å². The molecule has 0 unspecified atom stereocenters. The highest BCUT2D eigenvalue weighted by molar-refractivity contribution is 8.00. The van der Waals surface area contributed by atoms with Gasteiger partial charge in [-0.1, -0.05) is 17.7 Å². The van der Waals surface area contributed by atoms with Gasteiger partial charge in [0.05, 0.1) is 12.2 Å². The van der Waals surface area contributed by atoms with E-state index in [9.17, 15) is 4.79 Å². The Morgan fingerprint density at radius 2 is 2.05 bits per heavy atom. The van der Waals surface area contributed by atoms with Crippen LogP contribution in [0.1, 0.15) is 18.3 Å². The zero-order chi connectivity index (χ0) is 13.7. The molecule has 0 saturated heterocycles. The second kappa shape index (κ2) is 6.52. The lowest BCUT2D eigenvalue weighted by molar-refractivity contribution is -0.116. The van der Waals surface area contributed by atoms with Crippen molar-refractivity contribution in [1.29, 1.82) is 0 Å². The first-order chi connectivity index (χ1) is 9.19. The summed E-state index contributed by atoms with van der Waals surface area (Å²) in [6, 6.07) is 8.20. The van der Waals surface area contributed by atoms with Crippen LogP contribution in [0.15, 0.2) is 35.5 Å². The van der Waals surface area contributed by atoms with Gasteiger partial charge in [-0.3, -0.25) is 4.79 Å². The number of ketones is 1. The third kappa shape index (κ3) is 3.92. The number of hydrogen-bond acceptors (Lipinski definition) is 4. The number of thioether (sulfide) groups is 1. The number of aromatic nitrogens is 3. The van der Waals surface area contributed by atoms with E-state index in [0.717, 1.165) is 17.3 Å². The van der Waals surface area contributed by atoms with Gasteiger partial charge >= 0.3 is 0 Å². The normalized spacial score (nSPS) is 10.6. The predicted molar refractivity (Wildman–Crippen MR) is 76.3 cm³/mol. The van der Waals surface area contributed by atoms with Crippen LogP contribution in [0.25, 0.3) is 0 Å². The minimum absolute atomic E-state index is 0.174. The van der Waals surface area contributed by atoms with E-state index in [1.807, 2.05) is 19.1 Å². The molecule has 0 aliphatic rings. The van der Waals surface area contributed by atoms with E-state index < -0.39 is 0 Å². The molecule has 0 atom stereocenters. The Morgan fingerprint density at radius 1 is 1.32 bits per heavy atom. The molecule has 2 aromatic rings. The topological polar surface area (TPSA) is 47.8 Å². The van der Waals surface area contributed by atoms with Crippen molar-refractivity contribution < 1.29 is 4.79 Å². The average molecular weight is 275 g/mol. The number of carbonyl (C=O) groups is 1. The first-order valence-corrected chi connectivity index (χ1v) is 7.25. The van der Waals surface area contributed by atoms with E-state index in [2.05, 4.69) is 29.1 Å². The van der Waals surface area contributed by atoms with Crippen molar-refractivity contribution in [3.63, 3.8) is 0 Å². The molecule has 0 saturated carbocycles. The summed E-state index contributed by atoms with van der Waals surface area (Å²) >= 11 is 1.57. The van der Waals surface area contributed by atoms with E-state index in [1.54, 1.807) is 16.4 Å². The van der Waals surface area contributed by atoms with Crippen LogP contribution in [0.3, 0.4) is 0 Å². The lowest BCUT2D eigenvalue weighted by Crippen LogP contribution is -2.12. The van der Waals surface area contributed by atoms with Crippen LogP contribution in [-0.4, -0.2) is 26.3 Å². The molecule has 1 aromatic carbocycles. The number of benzene rings is 1. The van der Waals surface area contributed by atoms with E-state index in [1.165, 1.54) is 11.9 Å². The fourth-order valence-corrected chi connectivity index (χ4v) is 2.47. The Hall–Kier alpha value is -1.62. The molecule has 0 amide bonds. The molecule has 1 heterocycles. The molecule has 0 aliphatic heterocycles. The standard InChI is InChI=1S/C14H17N3OS/c1-3-17-14(15-10-16-17)8-12(18)9-19-13-6-4-11(2)5-7-13/h4-7,10H,3,8-9H2,1-2H3. The Balaban J connectivity index is 1.86. The highest BCUT2D eigenvalue weighted by Gasteiger charge is 2.09. The second-order valence-electron chi connectivity index (χ2n) is 4.31. The molecule has 0 bridgehead atoms. The Bertz CT molecular complexity index is 548. The number of Topliss-reactive ketones (excluding diaryl/α,β-unsaturated/α-hetero) is 1. The molecule has 0 spiro atoms. The van der Waals surface area contributed by atoms with Gasteiger partial charge in [0.2, 0.25) is 0 Å². The Labute approximate surface area is 117 Å². The van der Waals surface area contributed by atoms with Gasteiger partial charge in [-0.25, -0.2) is 9.67 Å². The lowest BCUT2D eigenvalue weighted by Gasteiger charge is -2.03. The average Bonchev–Trinajstić information content (AvgIpc) is 2.85. The molecule has 0 N–H and O–H groups in total. The maximum atomic E-state index is 11.9. The number of hydrogen-bond donors (Lipinski definition) is 0. The summed E-state index contributed by atoms with van der Waals surface area (Å²) in [5, 5.41) is 4.06. The third-order valence-electron chi connectivity index (χ3n) is 2.77. The summed E-state index contributed by atoms with van der Waals surface area (Å²) in [5.41, 5.74) is 1.23. The van der Waals surface area contributed by atoms with Gasteiger partial charge in [0.15, 0.2) is 5.78 Å². The first-order valence-electron chi connectivity index (χ1n) is 6.27. The number of nitrogens with zero attached hydrogens (tertiary/aromatic N) is 3. The van der Waals surface area contributed by atoms with Crippen molar-refractivity contribution in [3.05, 3.63) is 42.0 Å². The van der Waals surface area contributed by atoms with Crippen LogP contribution in [0.4, 0.5) is 0 Å². The SMILES string of the molecule is CCn1ncnc1CC(=O)CSc1ccc(C)cc1. The zero-order valence-corrected chi connectivity index (χ0v) is 12.0. The van der Waals surface area contributed by atoms with Crippen LogP contribution in [-0.2, 0) is 17.8 Å². The maximum Gasteiger partial charge on any atom is 0.150 e. The highest BCUT2D eigenvalue weighted by Crippen LogP contribution is 2.18. The molecule has 0 fully saturated rings. The number of aryl methyl sites for hydroxylation is 2. The van der Waals surface area contributed by atoms with Gasteiger partial charge in [-0.15, -0.1) is 11.8 Å². The quantitative estimate of drug-likeness (QED) is 0.760. The predicted octanol–water partition coefficient (Wildman–Crippen LogP) is 2.51. The second-order valence-corrected chi connectivity index (χ2v) is 5.36. The van der Waals surface area contributed by atoms with E-state index in [4.69, 9.17) is 0 Å². The molecular weight excluding hydrogens is 258 g/mol. The van der Waals surface area contributed by atoms with Crippen LogP contribution in [0.2, 0.25) is 0 Å². The highest BCUT2D eigenvalue weighted by atomic mass is 32.2. The van der Waals surface area contributed by atoms with Crippen molar-refractivity contribution in [1.82, 2.24) is 14.8 Å². The molecule has 1 aromatic heterocycles. The van der Waals surface area contributed by atoms with Crippen LogP contribution in [0.5, 0.6) is 0 Å². The van der Waals surface area contributed by atoms with Crippen LogP contribution in [0, 0.1) is 6.92 Å². The molecular formula is C14H17N3OS. The van der Waals surface area contributed by atoms with Crippen molar-refractivity contribution in [2.24, 2.45) is 0 Å². The van der Waals surface area contributed by atoms with Crippen LogP contribution >= 0.6 is 11.8 Å². The number of rotatable bonds is 6. The molecule has 5 heteroatoms. The molecule has 19 heavy (non-hydrogen) atoms. The maximum absolute atomic E-state index is 11.9. The van der Waals surface area contributed by atoms with Gasteiger partial charge in [-0.05, 0) is 26.0 Å². The van der Waals surface area contributed by atoms with Crippen molar-refractivity contribution in [2.75, 3.05) is 5.75 Å². The minimum atomic E-state index is 0.174.